The maximum absolute atomic E-state index is 12.4. The predicted molar refractivity (Wildman–Crippen MR) is 96.7 cm³/mol. The fraction of sp³-hybridized carbons (Fsp3) is 0.812. The maximum Gasteiger partial charge on any atom is 0.408 e. The Morgan fingerprint density at radius 1 is 1.12 bits per heavy atom. The van der Waals surface area contributed by atoms with Gasteiger partial charge in [-0.1, -0.05) is 13.8 Å². The lowest BCUT2D eigenvalue weighted by Gasteiger charge is -2.25. The van der Waals surface area contributed by atoms with Crippen LogP contribution in [0.4, 0.5) is 4.79 Å². The third kappa shape index (κ3) is 10.4. The van der Waals surface area contributed by atoms with Crippen LogP contribution in [-0.2, 0) is 14.3 Å². The van der Waals surface area contributed by atoms with Crippen molar-refractivity contribution in [3.63, 3.8) is 0 Å². The monoisotopic (exact) mass is 361 g/mol. The molecule has 140 valence electrons. The number of carbonyl (C=O) groups excluding carboxylic acids is 3. The molecule has 0 unspecified atom stereocenters. The summed E-state index contributed by atoms with van der Waals surface area (Å²) in [5.74, 6) is -0.136. The van der Waals surface area contributed by atoms with Gasteiger partial charge in [-0.15, -0.1) is 0 Å². The second-order valence-corrected chi connectivity index (χ2v) is 8.06. The minimum atomic E-state index is -0.777. The molecule has 7 nitrogen and oxygen atoms in total. The first-order chi connectivity index (χ1) is 11.0. The average Bonchev–Trinajstić information content (AvgIpc) is 2.39. The molecular weight excluding hydrogens is 330 g/mol. The number of ether oxygens (including phenoxy) is 1. The van der Waals surface area contributed by atoms with Crippen LogP contribution in [0.25, 0.3) is 0 Å². The molecule has 0 saturated heterocycles. The molecule has 0 saturated carbocycles. The highest BCUT2D eigenvalue weighted by Crippen LogP contribution is 2.09. The van der Waals surface area contributed by atoms with E-state index in [0.717, 1.165) is 0 Å². The third-order valence-electron chi connectivity index (χ3n) is 2.99. The minimum Gasteiger partial charge on any atom is -0.444 e. The zero-order valence-corrected chi connectivity index (χ0v) is 16.3. The summed E-state index contributed by atoms with van der Waals surface area (Å²) in [4.78, 5) is 35.9. The van der Waals surface area contributed by atoms with E-state index in [1.54, 1.807) is 32.5 Å². The van der Waals surface area contributed by atoms with Crippen LogP contribution in [0.2, 0.25) is 0 Å². The van der Waals surface area contributed by atoms with Crippen molar-refractivity contribution in [1.29, 1.82) is 0 Å². The number of nitrogens with one attached hydrogen (secondary N) is 2. The summed E-state index contributed by atoms with van der Waals surface area (Å²) < 4.78 is 5.19. The van der Waals surface area contributed by atoms with Crippen LogP contribution in [0.3, 0.4) is 0 Å². The molecule has 24 heavy (non-hydrogen) atoms. The molecule has 0 radical (unpaired) electrons. The van der Waals surface area contributed by atoms with Crippen molar-refractivity contribution >= 4 is 29.7 Å². The first kappa shape index (κ1) is 22.6. The smallest absolute Gasteiger partial charge is 0.408 e. The molecule has 0 aliphatic heterocycles. The van der Waals surface area contributed by atoms with E-state index in [9.17, 15) is 14.4 Å². The van der Waals surface area contributed by atoms with Crippen molar-refractivity contribution in [2.75, 3.05) is 12.0 Å². The first-order valence-electron chi connectivity index (χ1n) is 8.04. The summed E-state index contributed by atoms with van der Waals surface area (Å²) in [5, 5.41) is 5.20. The van der Waals surface area contributed by atoms with Gasteiger partial charge < -0.3 is 21.1 Å². The van der Waals surface area contributed by atoms with Gasteiger partial charge in [-0.3, -0.25) is 9.59 Å². The van der Waals surface area contributed by atoms with E-state index in [2.05, 4.69) is 10.6 Å². The number of hydrogen-bond donors (Lipinski definition) is 3. The molecule has 0 heterocycles. The number of alkyl carbamates (subject to hydrolysis) is 1. The molecule has 3 amide bonds. The Hall–Kier alpha value is -1.44. The van der Waals surface area contributed by atoms with Gasteiger partial charge in [0.1, 0.15) is 17.7 Å². The number of amides is 3. The maximum atomic E-state index is 12.4. The van der Waals surface area contributed by atoms with Gasteiger partial charge in [0.05, 0.1) is 0 Å². The normalized spacial score (nSPS) is 14.0. The zero-order chi connectivity index (χ0) is 18.9. The van der Waals surface area contributed by atoms with Gasteiger partial charge in [-0.05, 0) is 51.5 Å². The van der Waals surface area contributed by atoms with Crippen molar-refractivity contribution in [3.8, 4) is 0 Å². The van der Waals surface area contributed by atoms with E-state index in [0.29, 0.717) is 18.6 Å². The van der Waals surface area contributed by atoms with Crippen LogP contribution in [0.5, 0.6) is 0 Å². The first-order valence-corrected chi connectivity index (χ1v) is 9.43. The van der Waals surface area contributed by atoms with Gasteiger partial charge in [0.15, 0.2) is 0 Å². The molecule has 0 aromatic rings. The minimum absolute atomic E-state index is 0.200. The lowest BCUT2D eigenvalue weighted by molar-refractivity contribution is -0.129. The highest BCUT2D eigenvalue weighted by Gasteiger charge is 2.27. The molecular formula is C16H31N3O4S. The number of thioether (sulfide) groups is 1. The summed E-state index contributed by atoms with van der Waals surface area (Å²) >= 11 is 1.56. The number of primary amides is 1. The molecule has 0 bridgehead atoms. The van der Waals surface area contributed by atoms with Gasteiger partial charge in [0.25, 0.3) is 0 Å². The summed E-state index contributed by atoms with van der Waals surface area (Å²) in [6, 6.07) is -1.53. The van der Waals surface area contributed by atoms with Crippen LogP contribution in [0.15, 0.2) is 0 Å². The average molecular weight is 362 g/mol. The van der Waals surface area contributed by atoms with Gasteiger partial charge in [0.2, 0.25) is 11.8 Å². The fourth-order valence-corrected chi connectivity index (χ4v) is 2.42. The molecule has 0 rings (SSSR count). The standard InChI is InChI=1S/C16H31N3O4S/c1-10(2)9-12(13(17)20)18-14(21)11(7-8-24-6)19-15(22)23-16(3,4)5/h10-12H,7-9H2,1-6H3,(H2,17,20)(H,18,21)(H,19,22)/t11-,12-/m0/s1. The van der Waals surface area contributed by atoms with E-state index < -0.39 is 35.6 Å². The Kier molecular flexibility index (Phi) is 9.80. The van der Waals surface area contributed by atoms with E-state index in [-0.39, 0.29) is 5.92 Å². The third-order valence-corrected chi connectivity index (χ3v) is 3.63. The van der Waals surface area contributed by atoms with Crippen molar-refractivity contribution in [3.05, 3.63) is 0 Å². The predicted octanol–water partition coefficient (Wildman–Crippen LogP) is 1.65. The van der Waals surface area contributed by atoms with E-state index in [1.165, 1.54) is 0 Å². The Morgan fingerprint density at radius 3 is 2.12 bits per heavy atom. The van der Waals surface area contributed by atoms with E-state index >= 15 is 0 Å². The Bertz CT molecular complexity index is 436. The van der Waals surface area contributed by atoms with Crippen LogP contribution in [-0.4, -0.2) is 47.6 Å². The van der Waals surface area contributed by atoms with E-state index in [4.69, 9.17) is 10.5 Å². The summed E-state index contributed by atoms with van der Waals surface area (Å²) in [6.45, 7) is 9.11. The molecule has 0 aromatic carbocycles. The van der Waals surface area contributed by atoms with Gasteiger partial charge in [-0.2, -0.15) is 11.8 Å². The molecule has 0 fully saturated rings. The fourth-order valence-electron chi connectivity index (χ4n) is 1.94. The Labute approximate surface area is 148 Å². The van der Waals surface area contributed by atoms with Crippen LogP contribution >= 0.6 is 11.8 Å². The lowest BCUT2D eigenvalue weighted by atomic mass is 10.0. The quantitative estimate of drug-likeness (QED) is 0.578. The van der Waals surface area contributed by atoms with Crippen LogP contribution in [0, 0.1) is 5.92 Å². The number of nitrogens with two attached hydrogens (primary N) is 1. The summed E-state index contributed by atoms with van der Waals surface area (Å²) in [6.07, 6.45) is 2.12. The summed E-state index contributed by atoms with van der Waals surface area (Å²) in [5.41, 5.74) is 4.69. The number of rotatable bonds is 9. The van der Waals surface area contributed by atoms with Crippen LogP contribution in [0.1, 0.15) is 47.5 Å². The molecule has 0 spiro atoms. The second-order valence-electron chi connectivity index (χ2n) is 7.07. The topological polar surface area (TPSA) is 111 Å². The second kappa shape index (κ2) is 10.4. The van der Waals surface area contributed by atoms with E-state index in [1.807, 2.05) is 20.1 Å². The van der Waals surface area contributed by atoms with Crippen molar-refractivity contribution in [1.82, 2.24) is 10.6 Å². The van der Waals surface area contributed by atoms with Gasteiger partial charge in [-0.25, -0.2) is 4.79 Å². The van der Waals surface area contributed by atoms with Crippen molar-refractivity contribution < 1.29 is 19.1 Å². The SMILES string of the molecule is CSCC[C@H](NC(=O)OC(C)(C)C)C(=O)N[C@@H](CC(C)C)C(N)=O. The molecule has 4 N–H and O–H groups in total. The molecule has 2 atom stereocenters. The van der Waals surface area contributed by atoms with Crippen molar-refractivity contribution in [2.45, 2.75) is 65.1 Å². The highest BCUT2D eigenvalue weighted by atomic mass is 32.2. The number of carbonyl (C=O) groups is 3. The van der Waals surface area contributed by atoms with Crippen molar-refractivity contribution in [2.24, 2.45) is 11.7 Å². The lowest BCUT2D eigenvalue weighted by Crippen LogP contribution is -2.54. The molecule has 0 aromatic heterocycles. The zero-order valence-electron chi connectivity index (χ0n) is 15.5. The van der Waals surface area contributed by atoms with Gasteiger partial charge >= 0.3 is 6.09 Å². The molecule has 0 aliphatic rings. The van der Waals surface area contributed by atoms with Gasteiger partial charge in [0, 0.05) is 0 Å². The molecule has 0 aliphatic carbocycles. The van der Waals surface area contributed by atoms with Crippen LogP contribution < -0.4 is 16.4 Å². The molecule has 8 heteroatoms. The number of hydrogen-bond acceptors (Lipinski definition) is 5. The summed E-state index contributed by atoms with van der Waals surface area (Å²) in [7, 11) is 0. The largest absolute Gasteiger partial charge is 0.444 e. The Balaban J connectivity index is 4.91. The Morgan fingerprint density at radius 2 is 1.71 bits per heavy atom. The highest BCUT2D eigenvalue weighted by molar-refractivity contribution is 7.98.